The van der Waals surface area contributed by atoms with Crippen molar-refractivity contribution < 1.29 is 17.6 Å². The van der Waals surface area contributed by atoms with Gasteiger partial charge >= 0.3 is 4.87 Å². The second-order valence-corrected chi connectivity index (χ2v) is 9.79. The molecule has 2 aromatic heterocycles. The summed E-state index contributed by atoms with van der Waals surface area (Å²) in [4.78, 5) is 28.1. The van der Waals surface area contributed by atoms with Crippen LogP contribution >= 0.6 is 11.3 Å². The van der Waals surface area contributed by atoms with Gasteiger partial charge in [-0.2, -0.15) is 4.31 Å². The van der Waals surface area contributed by atoms with Gasteiger partial charge in [-0.05, 0) is 19.9 Å². The molecule has 28 heavy (non-hydrogen) atoms. The lowest BCUT2D eigenvalue weighted by molar-refractivity contribution is 0.0667. The van der Waals surface area contributed by atoms with Gasteiger partial charge in [-0.1, -0.05) is 29.5 Å². The first-order chi connectivity index (χ1) is 13.3. The number of amides is 1. The van der Waals surface area contributed by atoms with Crippen LogP contribution in [0.5, 0.6) is 0 Å². The summed E-state index contributed by atoms with van der Waals surface area (Å²) in [5, 5.41) is 0.893. The molecule has 4 rings (SSSR count). The lowest BCUT2D eigenvalue weighted by Gasteiger charge is -2.33. The molecule has 0 saturated carbocycles. The third kappa shape index (κ3) is 3.07. The van der Waals surface area contributed by atoms with E-state index in [2.05, 4.69) is 4.98 Å². The average Bonchev–Trinajstić information content (AvgIpc) is 3.21. The Kier molecular flexibility index (Phi) is 4.64. The van der Waals surface area contributed by atoms with E-state index in [1.165, 1.54) is 4.31 Å². The molecule has 0 spiro atoms. The second kappa shape index (κ2) is 6.87. The molecule has 1 N–H and O–H groups in total. The SMILES string of the molecule is Cc1[nH]c(=O)sc1S(=O)(=O)N1CCN(C(=O)c2oc3ccccc3c2C)CC1. The molecule has 3 heterocycles. The number of aromatic nitrogens is 1. The number of thiazole rings is 1. The predicted octanol–water partition coefficient (Wildman–Crippen LogP) is 1.95. The number of fused-ring (bicyclic) bond motifs is 1. The highest BCUT2D eigenvalue weighted by molar-refractivity contribution is 7.91. The Hall–Kier alpha value is -2.43. The van der Waals surface area contributed by atoms with E-state index in [1.54, 1.807) is 11.8 Å². The lowest BCUT2D eigenvalue weighted by atomic mass is 10.1. The molecular formula is C18H19N3O5S2. The fourth-order valence-corrected chi connectivity index (χ4v) is 6.26. The number of piperazine rings is 1. The number of furan rings is 1. The fraction of sp³-hybridized carbons (Fsp3) is 0.333. The standard InChI is InChI=1S/C18H19N3O5S2/c1-11-13-5-3-4-6-14(13)26-15(11)16(22)20-7-9-21(10-8-20)28(24,25)17-12(2)19-18(23)27-17/h3-6H,7-10H2,1-2H3,(H,19,23). The number of para-hydroxylation sites is 1. The van der Waals surface area contributed by atoms with Crippen molar-refractivity contribution >= 4 is 38.2 Å². The van der Waals surface area contributed by atoms with Crippen LogP contribution in [0.3, 0.4) is 0 Å². The number of sulfonamides is 1. The molecular weight excluding hydrogens is 402 g/mol. The number of nitrogens with one attached hydrogen (secondary N) is 1. The van der Waals surface area contributed by atoms with Crippen molar-refractivity contribution in [2.24, 2.45) is 0 Å². The normalized spacial score (nSPS) is 16.0. The number of hydrogen-bond donors (Lipinski definition) is 1. The van der Waals surface area contributed by atoms with Crippen molar-refractivity contribution in [1.82, 2.24) is 14.2 Å². The highest BCUT2D eigenvalue weighted by Gasteiger charge is 2.34. The van der Waals surface area contributed by atoms with Crippen molar-refractivity contribution in [3.05, 3.63) is 51.0 Å². The first kappa shape index (κ1) is 18.9. The van der Waals surface area contributed by atoms with E-state index < -0.39 is 14.9 Å². The maximum Gasteiger partial charge on any atom is 0.305 e. The van der Waals surface area contributed by atoms with Crippen molar-refractivity contribution in [3.63, 3.8) is 0 Å². The molecule has 1 amide bonds. The van der Waals surface area contributed by atoms with Crippen LogP contribution in [0.4, 0.5) is 0 Å². The van der Waals surface area contributed by atoms with Crippen molar-refractivity contribution in [1.29, 1.82) is 0 Å². The number of H-pyrrole nitrogens is 1. The average molecular weight is 422 g/mol. The molecule has 1 fully saturated rings. The van der Waals surface area contributed by atoms with Gasteiger partial charge in [0.05, 0.1) is 0 Å². The Bertz CT molecular complexity index is 1210. The molecule has 1 aliphatic heterocycles. The maximum atomic E-state index is 12.9. The number of carbonyl (C=O) groups excluding carboxylic acids is 1. The van der Waals surface area contributed by atoms with Gasteiger partial charge < -0.3 is 14.3 Å². The Morgan fingerprint density at radius 1 is 1.14 bits per heavy atom. The zero-order valence-corrected chi connectivity index (χ0v) is 17.0. The molecule has 0 atom stereocenters. The van der Waals surface area contributed by atoms with E-state index in [-0.39, 0.29) is 42.1 Å². The lowest BCUT2D eigenvalue weighted by Crippen LogP contribution is -2.50. The second-order valence-electron chi connectivity index (χ2n) is 6.68. The monoisotopic (exact) mass is 421 g/mol. The number of aryl methyl sites for hydroxylation is 2. The third-order valence-electron chi connectivity index (χ3n) is 4.92. The number of nitrogens with zero attached hydrogens (tertiary/aromatic N) is 2. The highest BCUT2D eigenvalue weighted by Crippen LogP contribution is 2.27. The zero-order valence-electron chi connectivity index (χ0n) is 15.4. The van der Waals surface area contributed by atoms with Crippen LogP contribution in [0.25, 0.3) is 11.0 Å². The number of aromatic amines is 1. The molecule has 148 valence electrons. The van der Waals surface area contributed by atoms with Crippen LogP contribution in [0.15, 0.2) is 37.7 Å². The fourth-order valence-electron chi connectivity index (χ4n) is 3.41. The number of carbonyl (C=O) groups is 1. The Labute approximate surface area is 165 Å². The minimum atomic E-state index is -3.76. The molecule has 1 aromatic carbocycles. The third-order valence-corrected chi connectivity index (χ3v) is 8.40. The van der Waals surface area contributed by atoms with Crippen molar-refractivity contribution in [2.75, 3.05) is 26.2 Å². The van der Waals surface area contributed by atoms with Gasteiger partial charge in [-0.25, -0.2) is 8.42 Å². The summed E-state index contributed by atoms with van der Waals surface area (Å²) in [5.41, 5.74) is 1.78. The van der Waals surface area contributed by atoms with Crippen LogP contribution in [0, 0.1) is 13.8 Å². The van der Waals surface area contributed by atoms with E-state index in [9.17, 15) is 18.0 Å². The van der Waals surface area contributed by atoms with E-state index in [1.807, 2.05) is 31.2 Å². The van der Waals surface area contributed by atoms with Crippen LogP contribution in [-0.4, -0.2) is 54.7 Å². The van der Waals surface area contributed by atoms with Crippen LogP contribution in [0.1, 0.15) is 21.8 Å². The largest absolute Gasteiger partial charge is 0.451 e. The van der Waals surface area contributed by atoms with Crippen LogP contribution in [-0.2, 0) is 10.0 Å². The quantitative estimate of drug-likeness (QED) is 0.696. The maximum absolute atomic E-state index is 12.9. The molecule has 3 aromatic rings. The minimum Gasteiger partial charge on any atom is -0.451 e. The van der Waals surface area contributed by atoms with Gasteiger partial charge in [0, 0.05) is 42.8 Å². The number of hydrogen-bond acceptors (Lipinski definition) is 6. The van der Waals surface area contributed by atoms with E-state index in [0.29, 0.717) is 22.6 Å². The molecule has 0 radical (unpaired) electrons. The van der Waals surface area contributed by atoms with Gasteiger partial charge in [0.15, 0.2) is 9.97 Å². The van der Waals surface area contributed by atoms with Gasteiger partial charge in [-0.15, -0.1) is 0 Å². The topological polar surface area (TPSA) is 104 Å². The summed E-state index contributed by atoms with van der Waals surface area (Å²) in [5.74, 6) is 0.0467. The molecule has 10 heteroatoms. The van der Waals surface area contributed by atoms with E-state index in [0.717, 1.165) is 10.9 Å². The van der Waals surface area contributed by atoms with Gasteiger partial charge in [-0.3, -0.25) is 9.59 Å². The summed E-state index contributed by atoms with van der Waals surface area (Å²) in [6.07, 6.45) is 0. The van der Waals surface area contributed by atoms with Crippen LogP contribution < -0.4 is 4.87 Å². The molecule has 8 nitrogen and oxygen atoms in total. The predicted molar refractivity (Wildman–Crippen MR) is 105 cm³/mol. The highest BCUT2D eigenvalue weighted by atomic mass is 32.2. The van der Waals surface area contributed by atoms with Crippen molar-refractivity contribution in [2.45, 2.75) is 18.1 Å². The summed E-state index contributed by atoms with van der Waals surface area (Å²) in [6.45, 7) is 4.25. The summed E-state index contributed by atoms with van der Waals surface area (Å²) < 4.78 is 32.7. The summed E-state index contributed by atoms with van der Waals surface area (Å²) in [7, 11) is -3.76. The number of benzene rings is 1. The Balaban J connectivity index is 1.52. The molecule has 0 aliphatic carbocycles. The van der Waals surface area contributed by atoms with Crippen LogP contribution in [0.2, 0.25) is 0 Å². The zero-order chi connectivity index (χ0) is 20.1. The first-order valence-electron chi connectivity index (χ1n) is 8.76. The van der Waals surface area contributed by atoms with Crippen molar-refractivity contribution in [3.8, 4) is 0 Å². The Morgan fingerprint density at radius 3 is 2.43 bits per heavy atom. The Morgan fingerprint density at radius 2 is 1.82 bits per heavy atom. The first-order valence-corrected chi connectivity index (χ1v) is 11.0. The van der Waals surface area contributed by atoms with E-state index in [4.69, 9.17) is 4.42 Å². The number of rotatable bonds is 3. The minimum absolute atomic E-state index is 0.0328. The van der Waals surface area contributed by atoms with Gasteiger partial charge in [0.1, 0.15) is 5.58 Å². The molecule has 1 saturated heterocycles. The smallest absolute Gasteiger partial charge is 0.305 e. The molecule has 0 bridgehead atoms. The van der Waals surface area contributed by atoms with Gasteiger partial charge in [0.2, 0.25) is 0 Å². The summed E-state index contributed by atoms with van der Waals surface area (Å²) >= 11 is 0.687. The molecule has 0 unspecified atom stereocenters. The van der Waals surface area contributed by atoms with E-state index >= 15 is 0 Å². The summed E-state index contributed by atoms with van der Waals surface area (Å²) in [6, 6.07) is 7.45. The molecule has 1 aliphatic rings. The van der Waals surface area contributed by atoms with Gasteiger partial charge in [0.25, 0.3) is 15.9 Å².